The van der Waals surface area contributed by atoms with Gasteiger partial charge in [-0.2, -0.15) is 0 Å². The van der Waals surface area contributed by atoms with Crippen LogP contribution in [-0.2, 0) is 0 Å². The van der Waals surface area contributed by atoms with E-state index in [4.69, 9.17) is 0 Å². The number of nitrogens with zero attached hydrogens (tertiary/aromatic N) is 1. The van der Waals surface area contributed by atoms with E-state index in [1.54, 1.807) is 0 Å². The van der Waals surface area contributed by atoms with Crippen molar-refractivity contribution in [3.63, 3.8) is 0 Å². The summed E-state index contributed by atoms with van der Waals surface area (Å²) >= 11 is 0. The van der Waals surface area contributed by atoms with Crippen LogP contribution in [0, 0.1) is 6.92 Å². The van der Waals surface area contributed by atoms with Gasteiger partial charge in [0.05, 0.1) is 11.7 Å². The van der Waals surface area contributed by atoms with Crippen molar-refractivity contribution in [1.82, 2.24) is 10.3 Å². The Hall–Kier alpha value is -2.19. The molecule has 0 saturated heterocycles. The van der Waals surface area contributed by atoms with Gasteiger partial charge in [-0.05, 0) is 36.6 Å². The highest BCUT2D eigenvalue weighted by atomic mass is 14.9. The topological polar surface area (TPSA) is 24.9 Å². The fourth-order valence-electron chi connectivity index (χ4n) is 2.72. The van der Waals surface area contributed by atoms with Crippen LogP contribution in [0.1, 0.15) is 22.9 Å². The van der Waals surface area contributed by atoms with E-state index in [-0.39, 0.29) is 6.04 Å². The van der Waals surface area contributed by atoms with E-state index < -0.39 is 0 Å². The zero-order chi connectivity index (χ0) is 13.9. The molecule has 1 heterocycles. The molecule has 0 aliphatic carbocycles. The smallest absolute Gasteiger partial charge is 0.0757 e. The van der Waals surface area contributed by atoms with E-state index in [0.717, 1.165) is 5.69 Å². The first-order chi connectivity index (χ1) is 9.81. The Balaban J connectivity index is 2.20. The molecule has 3 aromatic rings. The normalized spacial score (nSPS) is 12.5. The van der Waals surface area contributed by atoms with E-state index in [0.29, 0.717) is 0 Å². The summed E-state index contributed by atoms with van der Waals surface area (Å²) in [4.78, 5) is 4.63. The van der Waals surface area contributed by atoms with Crippen LogP contribution in [0.4, 0.5) is 0 Å². The van der Waals surface area contributed by atoms with Crippen LogP contribution in [0.2, 0.25) is 0 Å². The average Bonchev–Trinajstić information content (AvgIpc) is 2.50. The molecule has 100 valence electrons. The van der Waals surface area contributed by atoms with Gasteiger partial charge >= 0.3 is 0 Å². The van der Waals surface area contributed by atoms with E-state index in [9.17, 15) is 0 Å². The van der Waals surface area contributed by atoms with Gasteiger partial charge in [0, 0.05) is 11.6 Å². The number of fused-ring (bicyclic) bond motifs is 1. The van der Waals surface area contributed by atoms with Crippen molar-refractivity contribution < 1.29 is 0 Å². The summed E-state index contributed by atoms with van der Waals surface area (Å²) in [7, 11) is 1.99. The summed E-state index contributed by atoms with van der Waals surface area (Å²) < 4.78 is 0. The molecule has 0 saturated carbocycles. The second kappa shape index (κ2) is 5.43. The van der Waals surface area contributed by atoms with Crippen LogP contribution in [0.25, 0.3) is 10.8 Å². The Morgan fingerprint density at radius 3 is 2.50 bits per heavy atom. The van der Waals surface area contributed by atoms with Crippen molar-refractivity contribution in [2.75, 3.05) is 7.05 Å². The molecule has 2 heteroatoms. The Morgan fingerprint density at radius 2 is 1.70 bits per heavy atom. The monoisotopic (exact) mass is 262 g/mol. The fourth-order valence-corrected chi connectivity index (χ4v) is 2.72. The van der Waals surface area contributed by atoms with Crippen LogP contribution in [0.15, 0.2) is 60.8 Å². The highest BCUT2D eigenvalue weighted by Crippen LogP contribution is 2.28. The molecule has 0 amide bonds. The summed E-state index contributed by atoms with van der Waals surface area (Å²) in [5, 5.41) is 5.84. The van der Waals surface area contributed by atoms with Gasteiger partial charge in [-0.25, -0.2) is 0 Å². The zero-order valence-corrected chi connectivity index (χ0v) is 11.8. The van der Waals surface area contributed by atoms with Crippen LogP contribution in [0.3, 0.4) is 0 Å². The van der Waals surface area contributed by atoms with Gasteiger partial charge < -0.3 is 5.32 Å². The standard InChI is InChI=1S/C18H18N2/c1-13-7-3-5-9-15(13)17(19-2)18-16-10-6-4-8-14(16)11-12-20-18/h3-12,17,19H,1-2H3. The Kier molecular flexibility index (Phi) is 3.48. The third-order valence-electron chi connectivity index (χ3n) is 3.77. The van der Waals surface area contributed by atoms with E-state index in [1.807, 2.05) is 13.2 Å². The molecule has 1 N–H and O–H groups in total. The van der Waals surface area contributed by atoms with Crippen molar-refractivity contribution in [2.45, 2.75) is 13.0 Å². The zero-order valence-electron chi connectivity index (χ0n) is 11.8. The van der Waals surface area contributed by atoms with Crippen LogP contribution < -0.4 is 5.32 Å². The van der Waals surface area contributed by atoms with E-state index >= 15 is 0 Å². The minimum Gasteiger partial charge on any atom is -0.308 e. The summed E-state index contributed by atoms with van der Waals surface area (Å²) in [6, 6.07) is 19.0. The maximum absolute atomic E-state index is 4.63. The summed E-state index contributed by atoms with van der Waals surface area (Å²) in [5.41, 5.74) is 3.64. The van der Waals surface area contributed by atoms with Gasteiger partial charge in [0.25, 0.3) is 0 Å². The summed E-state index contributed by atoms with van der Waals surface area (Å²) in [6.45, 7) is 2.14. The number of pyridine rings is 1. The number of nitrogens with one attached hydrogen (secondary N) is 1. The Bertz CT molecular complexity index is 729. The van der Waals surface area contributed by atoms with Crippen molar-refractivity contribution in [3.05, 3.63) is 77.6 Å². The predicted octanol–water partition coefficient (Wildman–Crippen LogP) is 3.85. The Morgan fingerprint density at radius 1 is 0.950 bits per heavy atom. The van der Waals surface area contributed by atoms with Crippen LogP contribution >= 0.6 is 0 Å². The lowest BCUT2D eigenvalue weighted by Gasteiger charge is -2.20. The molecule has 3 rings (SSSR count). The highest BCUT2D eigenvalue weighted by Gasteiger charge is 2.17. The van der Waals surface area contributed by atoms with Gasteiger partial charge in [-0.15, -0.1) is 0 Å². The lowest BCUT2D eigenvalue weighted by Crippen LogP contribution is -2.20. The molecule has 1 aromatic heterocycles. The maximum atomic E-state index is 4.63. The van der Waals surface area contributed by atoms with Crippen LogP contribution in [0.5, 0.6) is 0 Å². The number of aromatic nitrogens is 1. The third kappa shape index (κ3) is 2.19. The molecule has 0 radical (unpaired) electrons. The summed E-state index contributed by atoms with van der Waals surface area (Å²) in [6.07, 6.45) is 1.89. The minimum absolute atomic E-state index is 0.113. The first kappa shape index (κ1) is 12.8. The van der Waals surface area contributed by atoms with E-state index in [2.05, 4.69) is 71.8 Å². The molecule has 0 aliphatic heterocycles. The van der Waals surface area contributed by atoms with Crippen molar-refractivity contribution in [1.29, 1.82) is 0 Å². The number of aryl methyl sites for hydroxylation is 1. The maximum Gasteiger partial charge on any atom is 0.0757 e. The molecule has 1 atom stereocenters. The quantitative estimate of drug-likeness (QED) is 0.775. The second-order valence-corrected chi connectivity index (χ2v) is 5.00. The lowest BCUT2D eigenvalue weighted by atomic mass is 9.95. The third-order valence-corrected chi connectivity index (χ3v) is 3.77. The largest absolute Gasteiger partial charge is 0.308 e. The lowest BCUT2D eigenvalue weighted by molar-refractivity contribution is 0.673. The fraction of sp³-hybridized carbons (Fsp3) is 0.167. The molecular formula is C18H18N2. The first-order valence-electron chi connectivity index (χ1n) is 6.87. The minimum atomic E-state index is 0.113. The first-order valence-corrected chi connectivity index (χ1v) is 6.87. The van der Waals surface area contributed by atoms with Gasteiger partial charge in [-0.1, -0.05) is 48.5 Å². The molecular weight excluding hydrogens is 244 g/mol. The van der Waals surface area contributed by atoms with E-state index in [1.165, 1.54) is 21.9 Å². The van der Waals surface area contributed by atoms with Gasteiger partial charge in [-0.3, -0.25) is 4.98 Å². The molecule has 1 unspecified atom stereocenters. The van der Waals surface area contributed by atoms with Gasteiger partial charge in [0.1, 0.15) is 0 Å². The highest BCUT2D eigenvalue weighted by molar-refractivity contribution is 5.85. The summed E-state index contributed by atoms with van der Waals surface area (Å²) in [5.74, 6) is 0. The number of benzene rings is 2. The average molecular weight is 262 g/mol. The number of hydrogen-bond donors (Lipinski definition) is 1. The van der Waals surface area contributed by atoms with Gasteiger partial charge in [0.2, 0.25) is 0 Å². The molecule has 0 spiro atoms. The van der Waals surface area contributed by atoms with Gasteiger partial charge in [0.15, 0.2) is 0 Å². The van der Waals surface area contributed by atoms with Crippen LogP contribution in [-0.4, -0.2) is 12.0 Å². The number of rotatable bonds is 3. The molecule has 0 fully saturated rings. The molecule has 0 aliphatic rings. The SMILES string of the molecule is CNC(c1ccccc1C)c1nccc2ccccc12. The molecule has 0 bridgehead atoms. The predicted molar refractivity (Wildman–Crippen MR) is 83.8 cm³/mol. The molecule has 2 aromatic carbocycles. The van der Waals surface area contributed by atoms with Crippen molar-refractivity contribution in [2.24, 2.45) is 0 Å². The Labute approximate surface area is 119 Å². The number of hydrogen-bond acceptors (Lipinski definition) is 2. The molecule has 2 nitrogen and oxygen atoms in total. The van der Waals surface area contributed by atoms with Crippen molar-refractivity contribution >= 4 is 10.8 Å². The second-order valence-electron chi connectivity index (χ2n) is 5.00. The molecule has 20 heavy (non-hydrogen) atoms. The van der Waals surface area contributed by atoms with Crippen molar-refractivity contribution in [3.8, 4) is 0 Å².